The summed E-state index contributed by atoms with van der Waals surface area (Å²) in [5.41, 5.74) is 7.17. The highest BCUT2D eigenvalue weighted by Gasteiger charge is 2.27. The van der Waals surface area contributed by atoms with Gasteiger partial charge in [-0.3, -0.25) is 9.59 Å². The fourth-order valence-electron chi connectivity index (χ4n) is 2.72. The third kappa shape index (κ3) is 3.28. The summed E-state index contributed by atoms with van der Waals surface area (Å²) in [6, 6.07) is 4.64. The number of thiophene rings is 1. The van der Waals surface area contributed by atoms with Crippen LogP contribution in [0.1, 0.15) is 31.2 Å². The van der Waals surface area contributed by atoms with E-state index in [2.05, 4.69) is 10.2 Å². The Hall–Kier alpha value is -1.60. The highest BCUT2D eigenvalue weighted by molar-refractivity contribution is 7.17. The van der Waals surface area contributed by atoms with Crippen molar-refractivity contribution in [3.63, 3.8) is 0 Å². The molecule has 1 aromatic carbocycles. The van der Waals surface area contributed by atoms with Crippen molar-refractivity contribution in [1.29, 1.82) is 0 Å². The van der Waals surface area contributed by atoms with Gasteiger partial charge in [-0.2, -0.15) is 0 Å². The number of nitrogens with zero attached hydrogens (tertiary/aromatic N) is 1. The normalized spacial score (nSPS) is 14.3. The first-order valence-electron chi connectivity index (χ1n) is 7.26. The van der Waals surface area contributed by atoms with Crippen LogP contribution >= 0.6 is 34.5 Å². The highest BCUT2D eigenvalue weighted by atomic mass is 35.5. The molecule has 8 heteroatoms. The van der Waals surface area contributed by atoms with Gasteiger partial charge in [0.2, 0.25) is 0 Å². The summed E-state index contributed by atoms with van der Waals surface area (Å²) < 4.78 is 0. The molecule has 0 saturated carbocycles. The molecule has 5 nitrogen and oxygen atoms in total. The number of primary amides is 1. The van der Waals surface area contributed by atoms with E-state index < -0.39 is 11.8 Å². The Bertz CT molecular complexity index is 835. The molecule has 0 atom stereocenters. The fourth-order valence-corrected chi connectivity index (χ4v) is 4.55. The molecule has 1 aliphatic rings. The van der Waals surface area contributed by atoms with Crippen LogP contribution in [0.4, 0.5) is 5.00 Å². The molecule has 0 saturated heterocycles. The minimum Gasteiger partial charge on any atom is -0.365 e. The van der Waals surface area contributed by atoms with E-state index >= 15 is 0 Å². The lowest BCUT2D eigenvalue weighted by atomic mass is 10.0. The number of hydrogen-bond donors (Lipinski definition) is 2. The summed E-state index contributed by atoms with van der Waals surface area (Å²) in [5.74, 6) is -0.930. The molecule has 0 spiro atoms. The topological polar surface area (TPSA) is 75.4 Å². The number of halogens is 2. The van der Waals surface area contributed by atoms with Crippen LogP contribution in [-0.2, 0) is 13.0 Å². The highest BCUT2D eigenvalue weighted by Crippen LogP contribution is 2.37. The summed E-state index contributed by atoms with van der Waals surface area (Å²) in [6.07, 6.45) is 0.734. The number of amides is 2. The largest absolute Gasteiger partial charge is 0.365 e. The van der Waals surface area contributed by atoms with Crippen molar-refractivity contribution in [3.05, 3.63) is 49.8 Å². The summed E-state index contributed by atoms with van der Waals surface area (Å²) in [5, 5.41) is 3.94. The number of likely N-dealkylation sites (N-methyl/N-ethyl adjacent to an activating group) is 1. The van der Waals surface area contributed by atoms with Crippen LogP contribution in [0.2, 0.25) is 10.0 Å². The number of anilines is 1. The van der Waals surface area contributed by atoms with Crippen molar-refractivity contribution in [3.8, 4) is 0 Å². The number of fused-ring (bicyclic) bond motifs is 1. The number of nitrogens with two attached hydrogens (primary N) is 1. The van der Waals surface area contributed by atoms with Gasteiger partial charge in [0.05, 0.1) is 16.1 Å². The van der Waals surface area contributed by atoms with Crippen LogP contribution in [0, 0.1) is 0 Å². The number of hydrogen-bond acceptors (Lipinski definition) is 4. The summed E-state index contributed by atoms with van der Waals surface area (Å²) in [7, 11) is 2.01. The van der Waals surface area contributed by atoms with Crippen LogP contribution < -0.4 is 11.1 Å². The number of rotatable bonds is 3. The van der Waals surface area contributed by atoms with Gasteiger partial charge >= 0.3 is 0 Å². The van der Waals surface area contributed by atoms with Gasteiger partial charge in [0.1, 0.15) is 5.00 Å². The van der Waals surface area contributed by atoms with E-state index in [-0.39, 0.29) is 5.02 Å². The monoisotopic (exact) mass is 383 g/mol. The van der Waals surface area contributed by atoms with Crippen LogP contribution in [0.5, 0.6) is 0 Å². The average molecular weight is 384 g/mol. The Morgan fingerprint density at radius 1 is 1.33 bits per heavy atom. The summed E-state index contributed by atoms with van der Waals surface area (Å²) in [6.45, 7) is 1.58. The van der Waals surface area contributed by atoms with Crippen LogP contribution in [0.25, 0.3) is 0 Å². The van der Waals surface area contributed by atoms with E-state index in [1.807, 2.05) is 7.05 Å². The predicted molar refractivity (Wildman–Crippen MR) is 97.3 cm³/mol. The first-order chi connectivity index (χ1) is 11.4. The fraction of sp³-hybridized carbons (Fsp3) is 0.250. The Balaban J connectivity index is 1.95. The van der Waals surface area contributed by atoms with Gasteiger partial charge in [-0.25, -0.2) is 0 Å². The Kier molecular flexibility index (Phi) is 4.83. The maximum atomic E-state index is 12.5. The zero-order valence-corrected chi connectivity index (χ0v) is 15.2. The van der Waals surface area contributed by atoms with Crippen LogP contribution in [-0.4, -0.2) is 30.3 Å². The number of benzene rings is 1. The Morgan fingerprint density at radius 3 is 2.75 bits per heavy atom. The number of carbonyl (C=O) groups excluding carboxylic acids is 2. The van der Waals surface area contributed by atoms with E-state index in [0.29, 0.717) is 21.2 Å². The molecule has 0 radical (unpaired) electrons. The van der Waals surface area contributed by atoms with E-state index in [1.54, 1.807) is 12.1 Å². The SMILES string of the molecule is CN1CCc2c(sc(NC(=O)c3ccc(Cl)cc3Cl)c2C(N)=O)C1. The molecule has 126 valence electrons. The lowest BCUT2D eigenvalue weighted by Gasteiger charge is -2.22. The second-order valence-corrected chi connectivity index (χ2v) is 7.59. The lowest BCUT2D eigenvalue weighted by Crippen LogP contribution is -2.27. The minimum atomic E-state index is -0.533. The second kappa shape index (κ2) is 6.72. The molecule has 24 heavy (non-hydrogen) atoms. The Morgan fingerprint density at radius 2 is 2.08 bits per heavy atom. The van der Waals surface area contributed by atoms with E-state index in [9.17, 15) is 9.59 Å². The average Bonchev–Trinajstić information content (AvgIpc) is 2.83. The first kappa shape index (κ1) is 17.2. The standard InChI is InChI=1S/C16H15Cl2N3O2S/c1-21-5-4-10-12(7-21)24-16(13(10)14(19)22)20-15(23)9-3-2-8(17)6-11(9)18/h2-3,6H,4-5,7H2,1H3,(H2,19,22)(H,20,23). The molecule has 0 aliphatic carbocycles. The van der Waals surface area contributed by atoms with Crippen molar-refractivity contribution in [2.75, 3.05) is 18.9 Å². The van der Waals surface area contributed by atoms with Crippen molar-refractivity contribution < 1.29 is 9.59 Å². The predicted octanol–water partition coefficient (Wildman–Crippen LogP) is 3.39. The van der Waals surface area contributed by atoms with Gasteiger partial charge in [0.25, 0.3) is 11.8 Å². The molecule has 1 aromatic heterocycles. The maximum absolute atomic E-state index is 12.5. The molecule has 0 fully saturated rings. The molecule has 2 aromatic rings. The third-order valence-corrected chi connectivity index (χ3v) is 5.58. The number of carbonyl (C=O) groups is 2. The first-order valence-corrected chi connectivity index (χ1v) is 8.83. The van der Waals surface area contributed by atoms with Gasteiger partial charge in [-0.05, 0) is 37.2 Å². The third-order valence-electron chi connectivity index (χ3n) is 3.90. The summed E-state index contributed by atoms with van der Waals surface area (Å²) in [4.78, 5) is 27.6. The maximum Gasteiger partial charge on any atom is 0.257 e. The Labute approximate surface area is 153 Å². The number of nitrogens with one attached hydrogen (secondary N) is 1. The molecule has 0 unspecified atom stereocenters. The molecular formula is C16H15Cl2N3O2S. The van der Waals surface area contributed by atoms with Crippen molar-refractivity contribution >= 4 is 51.4 Å². The van der Waals surface area contributed by atoms with Crippen LogP contribution in [0.3, 0.4) is 0 Å². The van der Waals surface area contributed by atoms with E-state index in [4.69, 9.17) is 28.9 Å². The minimum absolute atomic E-state index is 0.252. The molecule has 3 rings (SSSR count). The smallest absolute Gasteiger partial charge is 0.257 e. The van der Waals surface area contributed by atoms with Crippen molar-refractivity contribution in [2.24, 2.45) is 5.73 Å². The molecular weight excluding hydrogens is 369 g/mol. The second-order valence-electron chi connectivity index (χ2n) is 5.64. The van der Waals surface area contributed by atoms with Crippen molar-refractivity contribution in [1.82, 2.24) is 4.90 Å². The van der Waals surface area contributed by atoms with Crippen LogP contribution in [0.15, 0.2) is 18.2 Å². The van der Waals surface area contributed by atoms with Crippen molar-refractivity contribution in [2.45, 2.75) is 13.0 Å². The van der Waals surface area contributed by atoms with E-state index in [1.165, 1.54) is 17.4 Å². The van der Waals surface area contributed by atoms with Gasteiger partial charge in [0, 0.05) is 23.0 Å². The molecule has 2 amide bonds. The van der Waals surface area contributed by atoms with Gasteiger partial charge in [0.15, 0.2) is 0 Å². The molecule has 1 aliphatic heterocycles. The molecule has 3 N–H and O–H groups in total. The zero-order valence-electron chi connectivity index (χ0n) is 12.9. The summed E-state index contributed by atoms with van der Waals surface area (Å²) >= 11 is 13.3. The van der Waals surface area contributed by atoms with Gasteiger partial charge in [-0.1, -0.05) is 23.2 Å². The van der Waals surface area contributed by atoms with Gasteiger partial charge in [-0.15, -0.1) is 11.3 Å². The molecule has 0 bridgehead atoms. The lowest BCUT2D eigenvalue weighted by molar-refractivity contribution is 0.1000. The van der Waals surface area contributed by atoms with Gasteiger partial charge < -0.3 is 16.0 Å². The molecule has 2 heterocycles. The quantitative estimate of drug-likeness (QED) is 0.852. The van der Waals surface area contributed by atoms with E-state index in [0.717, 1.165) is 30.0 Å². The zero-order chi connectivity index (χ0) is 17.4.